The first-order valence-electron chi connectivity index (χ1n) is 5.28. The average molecular weight is 192 g/mol. The molecule has 2 rings (SSSR count). The van der Waals surface area contributed by atoms with Crippen LogP contribution in [0, 0.1) is 0 Å². The van der Waals surface area contributed by atoms with Crippen molar-refractivity contribution in [3.8, 4) is 0 Å². The quantitative estimate of drug-likeness (QED) is 0.713. The van der Waals surface area contributed by atoms with Gasteiger partial charge in [0.2, 0.25) is 0 Å². The minimum atomic E-state index is 0.908. The second-order valence-corrected chi connectivity index (χ2v) is 3.71. The molecule has 0 aromatic carbocycles. The maximum absolute atomic E-state index is 4.11. The highest BCUT2D eigenvalue weighted by Gasteiger charge is 2.09. The Kier molecular flexibility index (Phi) is 3.40. The lowest BCUT2D eigenvalue weighted by atomic mass is 10.1. The van der Waals surface area contributed by atoms with Crippen LogP contribution in [0.3, 0.4) is 0 Å². The Bertz CT molecular complexity index is 256. The van der Waals surface area contributed by atoms with Crippen LogP contribution >= 0.6 is 0 Å². The van der Waals surface area contributed by atoms with Crippen LogP contribution in [0.5, 0.6) is 0 Å². The van der Waals surface area contributed by atoms with Gasteiger partial charge in [0.1, 0.15) is 18.5 Å². The van der Waals surface area contributed by atoms with Gasteiger partial charge in [-0.15, -0.1) is 0 Å². The fourth-order valence-electron chi connectivity index (χ4n) is 1.83. The van der Waals surface area contributed by atoms with E-state index in [2.05, 4.69) is 19.9 Å². The molecule has 0 spiro atoms. The highest BCUT2D eigenvalue weighted by molar-refractivity contribution is 4.83. The van der Waals surface area contributed by atoms with Gasteiger partial charge in [-0.2, -0.15) is 0 Å². The number of hydrogen-bond acceptors (Lipinski definition) is 4. The molecule has 14 heavy (non-hydrogen) atoms. The van der Waals surface area contributed by atoms with Crippen LogP contribution < -0.4 is 0 Å². The van der Waals surface area contributed by atoms with Crippen LogP contribution in [0.1, 0.15) is 25.1 Å². The van der Waals surface area contributed by atoms with E-state index in [-0.39, 0.29) is 0 Å². The molecule has 0 amide bonds. The number of piperidine rings is 1. The van der Waals surface area contributed by atoms with E-state index in [0.29, 0.717) is 0 Å². The fourth-order valence-corrected chi connectivity index (χ4v) is 1.83. The van der Waals surface area contributed by atoms with Gasteiger partial charge in [0, 0.05) is 13.0 Å². The Hall–Kier alpha value is -1.03. The van der Waals surface area contributed by atoms with Crippen molar-refractivity contribution < 1.29 is 0 Å². The van der Waals surface area contributed by atoms with Crippen molar-refractivity contribution in [2.45, 2.75) is 25.7 Å². The molecule has 1 aliphatic heterocycles. The molecule has 0 N–H and O–H groups in total. The Morgan fingerprint density at radius 2 is 1.79 bits per heavy atom. The third-order valence-corrected chi connectivity index (χ3v) is 2.65. The Morgan fingerprint density at radius 3 is 2.50 bits per heavy atom. The maximum Gasteiger partial charge on any atom is 0.133 e. The molecule has 0 atom stereocenters. The van der Waals surface area contributed by atoms with Gasteiger partial charge >= 0.3 is 0 Å². The van der Waals surface area contributed by atoms with E-state index in [1.807, 2.05) is 0 Å². The van der Waals surface area contributed by atoms with Crippen molar-refractivity contribution in [2.75, 3.05) is 19.6 Å². The van der Waals surface area contributed by atoms with E-state index in [1.54, 1.807) is 12.7 Å². The van der Waals surface area contributed by atoms with Gasteiger partial charge in [-0.3, -0.25) is 0 Å². The number of aromatic nitrogens is 3. The molecule has 2 heterocycles. The van der Waals surface area contributed by atoms with Crippen LogP contribution in [0.2, 0.25) is 0 Å². The van der Waals surface area contributed by atoms with E-state index in [4.69, 9.17) is 0 Å². The molecule has 4 nitrogen and oxygen atoms in total. The Morgan fingerprint density at radius 1 is 1.07 bits per heavy atom. The van der Waals surface area contributed by atoms with Gasteiger partial charge in [-0.05, 0) is 25.9 Å². The summed E-state index contributed by atoms with van der Waals surface area (Å²) in [5, 5.41) is 0. The summed E-state index contributed by atoms with van der Waals surface area (Å²) in [6, 6.07) is 0. The molecule has 1 fully saturated rings. The summed E-state index contributed by atoms with van der Waals surface area (Å²) in [7, 11) is 0. The molecular weight excluding hydrogens is 176 g/mol. The van der Waals surface area contributed by atoms with Crippen molar-refractivity contribution in [1.29, 1.82) is 0 Å². The topological polar surface area (TPSA) is 41.9 Å². The van der Waals surface area contributed by atoms with E-state index in [9.17, 15) is 0 Å². The average Bonchev–Trinajstić information content (AvgIpc) is 2.29. The number of rotatable bonds is 3. The third kappa shape index (κ3) is 2.73. The molecule has 1 saturated heterocycles. The van der Waals surface area contributed by atoms with E-state index in [1.165, 1.54) is 32.4 Å². The second kappa shape index (κ2) is 5.00. The molecule has 1 aliphatic rings. The first kappa shape index (κ1) is 9.52. The van der Waals surface area contributed by atoms with Crippen LogP contribution in [0.4, 0.5) is 0 Å². The lowest BCUT2D eigenvalue weighted by Crippen LogP contribution is -2.31. The molecule has 76 valence electrons. The van der Waals surface area contributed by atoms with E-state index < -0.39 is 0 Å². The fraction of sp³-hybridized carbons (Fsp3) is 0.700. The van der Waals surface area contributed by atoms with Gasteiger partial charge in [0.05, 0.1) is 0 Å². The summed E-state index contributed by atoms with van der Waals surface area (Å²) in [6.07, 6.45) is 8.16. The van der Waals surface area contributed by atoms with Gasteiger partial charge < -0.3 is 4.90 Å². The lowest BCUT2D eigenvalue weighted by molar-refractivity contribution is 0.230. The largest absolute Gasteiger partial charge is 0.303 e. The zero-order valence-electron chi connectivity index (χ0n) is 8.39. The summed E-state index contributed by atoms with van der Waals surface area (Å²) in [5.41, 5.74) is 0. The normalized spacial score (nSPS) is 18.3. The van der Waals surface area contributed by atoms with Crippen molar-refractivity contribution in [2.24, 2.45) is 0 Å². The minimum Gasteiger partial charge on any atom is -0.303 e. The zero-order valence-corrected chi connectivity index (χ0v) is 8.39. The SMILES string of the molecule is c1ncnc(CCN2CCCCC2)n1. The highest BCUT2D eigenvalue weighted by atomic mass is 15.1. The van der Waals surface area contributed by atoms with E-state index in [0.717, 1.165) is 18.8 Å². The summed E-state index contributed by atoms with van der Waals surface area (Å²) >= 11 is 0. The molecule has 1 aromatic rings. The van der Waals surface area contributed by atoms with Crippen molar-refractivity contribution >= 4 is 0 Å². The Labute approximate surface area is 84.4 Å². The smallest absolute Gasteiger partial charge is 0.133 e. The predicted octanol–water partition coefficient (Wildman–Crippen LogP) is 0.900. The second-order valence-electron chi connectivity index (χ2n) is 3.71. The van der Waals surface area contributed by atoms with Gasteiger partial charge in [0.15, 0.2) is 0 Å². The number of nitrogens with zero attached hydrogens (tertiary/aromatic N) is 4. The monoisotopic (exact) mass is 192 g/mol. The standard InChI is InChI=1S/C10H16N4/c1-2-5-14(6-3-1)7-4-10-12-8-11-9-13-10/h8-9H,1-7H2. The molecule has 0 unspecified atom stereocenters. The zero-order chi connectivity index (χ0) is 9.64. The van der Waals surface area contributed by atoms with Crippen molar-refractivity contribution in [3.63, 3.8) is 0 Å². The Balaban J connectivity index is 1.76. The lowest BCUT2D eigenvalue weighted by Gasteiger charge is -2.25. The van der Waals surface area contributed by atoms with Gasteiger partial charge in [0.25, 0.3) is 0 Å². The number of likely N-dealkylation sites (tertiary alicyclic amines) is 1. The van der Waals surface area contributed by atoms with Gasteiger partial charge in [-0.25, -0.2) is 15.0 Å². The first-order valence-corrected chi connectivity index (χ1v) is 5.28. The van der Waals surface area contributed by atoms with Crippen LogP contribution in [-0.2, 0) is 6.42 Å². The first-order chi connectivity index (χ1) is 6.95. The number of hydrogen-bond donors (Lipinski definition) is 0. The van der Waals surface area contributed by atoms with Crippen molar-refractivity contribution in [1.82, 2.24) is 19.9 Å². The molecule has 4 heteroatoms. The highest BCUT2D eigenvalue weighted by Crippen LogP contribution is 2.08. The van der Waals surface area contributed by atoms with Gasteiger partial charge in [-0.1, -0.05) is 6.42 Å². The predicted molar refractivity (Wildman–Crippen MR) is 53.8 cm³/mol. The molecular formula is C10H16N4. The van der Waals surface area contributed by atoms with Crippen LogP contribution in [0.15, 0.2) is 12.7 Å². The molecule has 0 saturated carbocycles. The maximum atomic E-state index is 4.11. The van der Waals surface area contributed by atoms with Crippen molar-refractivity contribution in [3.05, 3.63) is 18.5 Å². The summed E-state index contributed by atoms with van der Waals surface area (Å²) in [5.74, 6) is 0.908. The summed E-state index contributed by atoms with van der Waals surface area (Å²) in [4.78, 5) is 14.5. The van der Waals surface area contributed by atoms with E-state index >= 15 is 0 Å². The van der Waals surface area contributed by atoms with Crippen LogP contribution in [-0.4, -0.2) is 39.5 Å². The minimum absolute atomic E-state index is 0.908. The molecule has 0 radical (unpaired) electrons. The third-order valence-electron chi connectivity index (χ3n) is 2.65. The molecule has 1 aromatic heterocycles. The summed E-state index contributed by atoms with van der Waals surface area (Å²) in [6.45, 7) is 3.57. The molecule has 0 aliphatic carbocycles. The molecule has 0 bridgehead atoms. The van der Waals surface area contributed by atoms with Crippen LogP contribution in [0.25, 0.3) is 0 Å². The summed E-state index contributed by atoms with van der Waals surface area (Å²) < 4.78 is 0.